The lowest BCUT2D eigenvalue weighted by molar-refractivity contribution is -0.384. The number of hydrogen-bond acceptors (Lipinski definition) is 7. The number of hydrogen-bond donors (Lipinski definition) is 1. The van der Waals surface area contributed by atoms with Gasteiger partial charge in [-0.2, -0.15) is 0 Å². The maximum atomic E-state index is 12.3. The maximum absolute atomic E-state index is 12.3. The van der Waals surface area contributed by atoms with E-state index in [-0.39, 0.29) is 28.8 Å². The number of benzene rings is 1. The molecule has 3 rings (SSSR count). The molecule has 2 aromatic heterocycles. The molecule has 0 bridgehead atoms. The molecule has 0 radical (unpaired) electrons. The molecule has 0 atom stereocenters. The van der Waals surface area contributed by atoms with Crippen molar-refractivity contribution in [3.8, 4) is 5.75 Å². The van der Waals surface area contributed by atoms with Crippen molar-refractivity contribution in [1.29, 1.82) is 0 Å². The number of carbonyl (C=O) groups excluding carboxylic acids is 1. The number of nitro groups is 1. The van der Waals surface area contributed by atoms with Crippen LogP contribution in [-0.4, -0.2) is 16.0 Å². The fourth-order valence-electron chi connectivity index (χ4n) is 2.28. The molecule has 140 valence electrons. The Balaban J connectivity index is 1.64. The highest BCUT2D eigenvalue weighted by molar-refractivity contribution is 6.32. The molecule has 0 saturated heterocycles. The quantitative estimate of drug-likeness (QED) is 0.491. The first-order valence-corrected chi connectivity index (χ1v) is 8.12. The summed E-state index contributed by atoms with van der Waals surface area (Å²) in [6, 6.07) is 6.97. The van der Waals surface area contributed by atoms with Gasteiger partial charge in [0.15, 0.2) is 11.5 Å². The Morgan fingerprint density at radius 1 is 1.33 bits per heavy atom. The number of carbonyl (C=O) groups is 1. The van der Waals surface area contributed by atoms with E-state index in [9.17, 15) is 14.9 Å². The van der Waals surface area contributed by atoms with E-state index in [0.29, 0.717) is 22.9 Å². The van der Waals surface area contributed by atoms with E-state index < -0.39 is 10.8 Å². The fourth-order valence-corrected chi connectivity index (χ4v) is 2.51. The van der Waals surface area contributed by atoms with Crippen molar-refractivity contribution >= 4 is 28.9 Å². The van der Waals surface area contributed by atoms with Crippen LogP contribution < -0.4 is 10.1 Å². The summed E-state index contributed by atoms with van der Waals surface area (Å²) < 4.78 is 15.9. The highest BCUT2D eigenvalue weighted by Gasteiger charge is 2.17. The molecule has 0 aliphatic carbocycles. The molecule has 0 aliphatic heterocycles. The Morgan fingerprint density at radius 2 is 2.11 bits per heavy atom. The van der Waals surface area contributed by atoms with Gasteiger partial charge in [-0.25, -0.2) is 0 Å². The van der Waals surface area contributed by atoms with E-state index in [0.717, 1.165) is 0 Å². The Labute approximate surface area is 158 Å². The van der Waals surface area contributed by atoms with Crippen LogP contribution in [0.5, 0.6) is 5.75 Å². The van der Waals surface area contributed by atoms with E-state index >= 15 is 0 Å². The molecule has 0 spiro atoms. The van der Waals surface area contributed by atoms with Crippen LogP contribution in [0, 0.1) is 24.0 Å². The zero-order valence-corrected chi connectivity index (χ0v) is 15.1. The molecule has 9 nitrogen and oxygen atoms in total. The first kappa shape index (κ1) is 18.5. The molecule has 0 fully saturated rings. The molecule has 10 heteroatoms. The molecular formula is C17H14ClN3O6. The first-order valence-electron chi connectivity index (χ1n) is 7.75. The number of ether oxygens (including phenoxy) is 1. The summed E-state index contributed by atoms with van der Waals surface area (Å²) in [4.78, 5) is 22.4. The number of furan rings is 1. The van der Waals surface area contributed by atoms with Gasteiger partial charge in [-0.05, 0) is 32.0 Å². The Kier molecular flexibility index (Phi) is 5.13. The van der Waals surface area contributed by atoms with E-state index in [1.807, 2.05) is 0 Å². The largest absolute Gasteiger partial charge is 0.484 e. The molecule has 27 heavy (non-hydrogen) atoms. The molecule has 0 aliphatic rings. The van der Waals surface area contributed by atoms with Crippen molar-refractivity contribution in [1.82, 2.24) is 5.16 Å². The summed E-state index contributed by atoms with van der Waals surface area (Å²) in [6.45, 7) is 3.39. The number of aromatic nitrogens is 1. The fraction of sp³-hybridized carbons (Fsp3) is 0.176. The van der Waals surface area contributed by atoms with Crippen molar-refractivity contribution in [2.24, 2.45) is 0 Å². The summed E-state index contributed by atoms with van der Waals surface area (Å²) >= 11 is 5.97. The van der Waals surface area contributed by atoms with Crippen LogP contribution in [0.1, 0.15) is 27.8 Å². The van der Waals surface area contributed by atoms with Gasteiger partial charge in [0.2, 0.25) is 0 Å². The van der Waals surface area contributed by atoms with Crippen LogP contribution in [0.2, 0.25) is 5.02 Å². The summed E-state index contributed by atoms with van der Waals surface area (Å²) in [5.74, 6) is 0.768. The summed E-state index contributed by atoms with van der Waals surface area (Å²) in [5, 5.41) is 17.2. The lowest BCUT2D eigenvalue weighted by Gasteiger charge is -2.06. The predicted octanol–water partition coefficient (Wildman–Crippen LogP) is 4.28. The van der Waals surface area contributed by atoms with Gasteiger partial charge in [0, 0.05) is 12.1 Å². The highest BCUT2D eigenvalue weighted by Crippen LogP contribution is 2.29. The minimum Gasteiger partial charge on any atom is -0.484 e. The number of rotatable bonds is 6. The Morgan fingerprint density at radius 3 is 2.74 bits per heavy atom. The van der Waals surface area contributed by atoms with Crippen molar-refractivity contribution in [2.75, 3.05) is 5.32 Å². The molecule has 1 N–H and O–H groups in total. The molecule has 0 saturated carbocycles. The molecule has 2 heterocycles. The number of nitrogens with zero attached hydrogens (tertiary/aromatic N) is 2. The number of aryl methyl sites for hydroxylation is 2. The summed E-state index contributed by atoms with van der Waals surface area (Å²) in [6.07, 6.45) is 0. The van der Waals surface area contributed by atoms with Gasteiger partial charge < -0.3 is 19.0 Å². The molecule has 1 aromatic carbocycles. The van der Waals surface area contributed by atoms with Gasteiger partial charge in [-0.1, -0.05) is 16.8 Å². The molecule has 1 amide bonds. The third-order valence-corrected chi connectivity index (χ3v) is 3.95. The zero-order chi connectivity index (χ0) is 19.6. The number of nitro benzene ring substituents is 1. The van der Waals surface area contributed by atoms with Crippen molar-refractivity contribution in [3.05, 3.63) is 68.4 Å². The maximum Gasteiger partial charge on any atom is 0.291 e. The average Bonchev–Trinajstić information content (AvgIpc) is 3.22. The minimum absolute atomic E-state index is 0.00384. The van der Waals surface area contributed by atoms with Gasteiger partial charge >= 0.3 is 0 Å². The number of amides is 1. The second-order valence-electron chi connectivity index (χ2n) is 5.58. The van der Waals surface area contributed by atoms with Crippen LogP contribution in [0.15, 0.2) is 39.3 Å². The van der Waals surface area contributed by atoms with Crippen LogP contribution >= 0.6 is 11.6 Å². The van der Waals surface area contributed by atoms with E-state index in [4.69, 9.17) is 25.3 Å². The third-order valence-electron chi connectivity index (χ3n) is 3.65. The van der Waals surface area contributed by atoms with E-state index in [1.165, 1.54) is 24.3 Å². The second-order valence-corrected chi connectivity index (χ2v) is 5.99. The van der Waals surface area contributed by atoms with Gasteiger partial charge in [0.1, 0.15) is 29.5 Å². The summed E-state index contributed by atoms with van der Waals surface area (Å²) in [7, 11) is 0. The average molecular weight is 392 g/mol. The van der Waals surface area contributed by atoms with Crippen LogP contribution in [0.3, 0.4) is 0 Å². The topological polar surface area (TPSA) is 121 Å². The normalized spacial score (nSPS) is 10.6. The minimum atomic E-state index is -0.550. The lowest BCUT2D eigenvalue weighted by Crippen LogP contribution is -2.12. The zero-order valence-electron chi connectivity index (χ0n) is 14.3. The number of non-ortho nitro benzene ring substituents is 1. The summed E-state index contributed by atoms with van der Waals surface area (Å²) in [5.41, 5.74) is 0.916. The smallest absolute Gasteiger partial charge is 0.291 e. The second kappa shape index (κ2) is 7.50. The van der Waals surface area contributed by atoms with Gasteiger partial charge in [0.05, 0.1) is 9.95 Å². The monoisotopic (exact) mass is 391 g/mol. The van der Waals surface area contributed by atoms with Gasteiger partial charge in [0.25, 0.3) is 11.6 Å². The number of anilines is 1. The number of halogens is 1. The molecule has 0 unspecified atom stereocenters. The van der Waals surface area contributed by atoms with Crippen LogP contribution in [0.25, 0.3) is 0 Å². The standard InChI is InChI=1S/C17H14ClN3O6/c1-9-16(10(2)27-20-9)19-17(22)15-6-4-12(26-15)8-25-14-5-3-11(21(23)24)7-13(14)18/h3-7H,8H2,1-2H3,(H,19,22). The van der Waals surface area contributed by atoms with Crippen LogP contribution in [0.4, 0.5) is 11.4 Å². The van der Waals surface area contributed by atoms with Crippen LogP contribution in [-0.2, 0) is 6.61 Å². The van der Waals surface area contributed by atoms with Gasteiger partial charge in [-0.3, -0.25) is 14.9 Å². The SMILES string of the molecule is Cc1noc(C)c1NC(=O)c1ccc(COc2ccc([N+](=O)[O-])cc2Cl)o1. The van der Waals surface area contributed by atoms with Crippen molar-refractivity contribution in [2.45, 2.75) is 20.5 Å². The van der Waals surface area contributed by atoms with E-state index in [2.05, 4.69) is 10.5 Å². The number of nitrogens with one attached hydrogen (secondary N) is 1. The first-order chi connectivity index (χ1) is 12.8. The van der Waals surface area contributed by atoms with Crippen molar-refractivity contribution < 1.29 is 23.4 Å². The van der Waals surface area contributed by atoms with E-state index in [1.54, 1.807) is 19.9 Å². The molecular weight excluding hydrogens is 378 g/mol. The molecule has 3 aromatic rings. The van der Waals surface area contributed by atoms with Gasteiger partial charge in [-0.15, -0.1) is 0 Å². The highest BCUT2D eigenvalue weighted by atomic mass is 35.5. The Bertz CT molecular complexity index is 991. The third kappa shape index (κ3) is 4.09. The van der Waals surface area contributed by atoms with Crippen molar-refractivity contribution in [3.63, 3.8) is 0 Å². The lowest BCUT2D eigenvalue weighted by atomic mass is 10.3. The predicted molar refractivity (Wildman–Crippen MR) is 95.1 cm³/mol. The Hall–Kier alpha value is -3.33.